The summed E-state index contributed by atoms with van der Waals surface area (Å²) in [4.78, 5) is 14.1. The third kappa shape index (κ3) is 3.53. The normalized spacial score (nSPS) is 48.1. The summed E-state index contributed by atoms with van der Waals surface area (Å²) in [5.41, 5.74) is 0.241. The van der Waals surface area contributed by atoms with Crippen molar-refractivity contribution in [2.75, 3.05) is 26.4 Å². The van der Waals surface area contributed by atoms with Crippen molar-refractivity contribution >= 4 is 0 Å². The molecular formula is C29H43NO5. The second kappa shape index (κ2) is 8.68. The van der Waals surface area contributed by atoms with Crippen LogP contribution in [-0.4, -0.2) is 59.2 Å². The van der Waals surface area contributed by atoms with E-state index >= 15 is 0 Å². The first-order chi connectivity index (χ1) is 16.8. The topological polar surface area (TPSA) is 83.1 Å². The highest BCUT2D eigenvalue weighted by atomic mass is 16.5. The Balaban J connectivity index is 1.23. The predicted molar refractivity (Wildman–Crippen MR) is 133 cm³/mol. The van der Waals surface area contributed by atoms with Gasteiger partial charge in [0.1, 0.15) is 0 Å². The minimum atomic E-state index is -0.645. The van der Waals surface area contributed by atoms with E-state index < -0.39 is 5.60 Å². The molecule has 0 unspecified atom stereocenters. The molecule has 35 heavy (non-hydrogen) atoms. The quantitative estimate of drug-likeness (QED) is 0.675. The lowest BCUT2D eigenvalue weighted by molar-refractivity contribution is -0.205. The maximum absolute atomic E-state index is 12.4. The first kappa shape index (κ1) is 24.1. The molecule has 0 radical (unpaired) electrons. The molecule has 1 saturated heterocycles. The molecule has 0 amide bonds. The minimum absolute atomic E-state index is 0.142. The zero-order valence-electron chi connectivity index (χ0n) is 21.5. The summed E-state index contributed by atoms with van der Waals surface area (Å²) in [6, 6.07) is 4.14. The molecule has 0 bridgehead atoms. The highest BCUT2D eigenvalue weighted by molar-refractivity contribution is 5.27. The molecule has 0 spiro atoms. The molecule has 6 rings (SSSR count). The summed E-state index contributed by atoms with van der Waals surface area (Å²) in [6.07, 6.45) is 11.6. The molecule has 0 aromatic carbocycles. The SMILES string of the molecule is C[C@]12CC[C@H](N3CCOC[C@H]3CO)C[C@H]1CC[C@@H]1[C@@H]2CC[C@]2(C)[C@@H](c3ccc(=O)oc3)CC[C@]12O. The van der Waals surface area contributed by atoms with E-state index in [1.165, 1.54) is 38.2 Å². The average molecular weight is 486 g/mol. The van der Waals surface area contributed by atoms with Crippen LogP contribution in [0, 0.1) is 28.6 Å². The third-order valence-electron chi connectivity index (χ3n) is 11.9. The van der Waals surface area contributed by atoms with Crippen LogP contribution in [0.3, 0.4) is 0 Å². The molecule has 1 aliphatic heterocycles. The van der Waals surface area contributed by atoms with E-state index in [0.29, 0.717) is 30.4 Å². The highest BCUT2D eigenvalue weighted by Gasteiger charge is 2.67. The summed E-state index contributed by atoms with van der Waals surface area (Å²) < 4.78 is 10.9. The average Bonchev–Trinajstić information content (AvgIpc) is 3.15. The molecule has 4 saturated carbocycles. The summed E-state index contributed by atoms with van der Waals surface area (Å²) in [7, 11) is 0. The Kier molecular flexibility index (Phi) is 5.99. The maximum Gasteiger partial charge on any atom is 0.335 e. The Morgan fingerprint density at radius 1 is 1.06 bits per heavy atom. The van der Waals surface area contributed by atoms with E-state index in [9.17, 15) is 15.0 Å². The van der Waals surface area contributed by atoms with Crippen LogP contribution >= 0.6 is 0 Å². The number of nitrogens with zero attached hydrogens (tertiary/aromatic N) is 1. The summed E-state index contributed by atoms with van der Waals surface area (Å²) in [6.45, 7) is 7.39. The Labute approximate surface area is 209 Å². The van der Waals surface area contributed by atoms with Crippen LogP contribution in [0.4, 0.5) is 0 Å². The van der Waals surface area contributed by atoms with Gasteiger partial charge in [0.2, 0.25) is 0 Å². The lowest BCUT2D eigenvalue weighted by Crippen LogP contribution is -2.63. The van der Waals surface area contributed by atoms with Gasteiger partial charge in [0.05, 0.1) is 37.7 Å². The molecule has 6 nitrogen and oxygen atoms in total. The number of ether oxygens (including phenoxy) is 1. The Hall–Kier alpha value is -1.21. The van der Waals surface area contributed by atoms with Crippen molar-refractivity contribution < 1.29 is 19.4 Å². The molecule has 4 aliphatic carbocycles. The number of morpholine rings is 1. The second-order valence-corrected chi connectivity index (χ2v) is 12.9. The van der Waals surface area contributed by atoms with Crippen LogP contribution < -0.4 is 5.63 Å². The number of fused-ring (bicyclic) bond motifs is 5. The molecule has 194 valence electrons. The molecule has 2 heterocycles. The van der Waals surface area contributed by atoms with Gasteiger partial charge in [-0.05, 0) is 98.5 Å². The maximum atomic E-state index is 12.4. The van der Waals surface area contributed by atoms with Crippen LogP contribution in [0.25, 0.3) is 0 Å². The molecular weight excluding hydrogens is 442 g/mol. The van der Waals surface area contributed by atoms with Crippen LogP contribution in [-0.2, 0) is 4.74 Å². The van der Waals surface area contributed by atoms with Gasteiger partial charge in [-0.2, -0.15) is 0 Å². The number of rotatable bonds is 3. The first-order valence-corrected chi connectivity index (χ1v) is 14.1. The van der Waals surface area contributed by atoms with Crippen molar-refractivity contribution in [1.29, 1.82) is 0 Å². The fourth-order valence-corrected chi connectivity index (χ4v) is 9.91. The zero-order valence-corrected chi connectivity index (χ0v) is 21.5. The van der Waals surface area contributed by atoms with Gasteiger partial charge in [-0.15, -0.1) is 0 Å². The van der Waals surface area contributed by atoms with Gasteiger partial charge in [0.15, 0.2) is 0 Å². The van der Waals surface area contributed by atoms with Gasteiger partial charge in [-0.1, -0.05) is 13.8 Å². The lowest BCUT2D eigenvalue weighted by atomic mass is 9.43. The molecule has 6 heteroatoms. The van der Waals surface area contributed by atoms with Crippen LogP contribution in [0.5, 0.6) is 0 Å². The number of aliphatic hydroxyl groups is 2. The second-order valence-electron chi connectivity index (χ2n) is 12.9. The van der Waals surface area contributed by atoms with Crippen LogP contribution in [0.2, 0.25) is 0 Å². The van der Waals surface area contributed by atoms with Gasteiger partial charge in [0.25, 0.3) is 0 Å². The number of hydrogen-bond acceptors (Lipinski definition) is 6. The highest BCUT2D eigenvalue weighted by Crippen LogP contribution is 2.70. The molecule has 9 atom stereocenters. The summed E-state index contributed by atoms with van der Waals surface area (Å²) in [5.74, 6) is 1.87. The standard InChI is InChI=1S/C29H43NO5/c1-27-10-7-21(30-13-14-34-18-22(30)16-31)15-20(27)4-5-25-24(27)8-11-28(2)23(9-12-29(25,28)33)19-3-6-26(32)35-17-19/h3,6,17,20-25,31,33H,4-5,7-16,18H2,1-2H3/t20-,21+,22-,23-,24+,25-,27+,28-,29+/m1/s1. The van der Waals surface area contributed by atoms with Gasteiger partial charge >= 0.3 is 5.63 Å². The van der Waals surface area contributed by atoms with Crippen molar-refractivity contribution in [3.05, 3.63) is 34.4 Å². The molecule has 1 aromatic rings. The van der Waals surface area contributed by atoms with E-state index in [4.69, 9.17) is 9.15 Å². The van der Waals surface area contributed by atoms with E-state index in [0.717, 1.165) is 44.4 Å². The molecule has 1 aromatic heterocycles. The predicted octanol–water partition coefficient (Wildman–Crippen LogP) is 3.94. The first-order valence-electron chi connectivity index (χ1n) is 14.1. The molecule has 5 aliphatic rings. The fraction of sp³-hybridized carbons (Fsp3) is 0.828. The van der Waals surface area contributed by atoms with Crippen LogP contribution in [0.15, 0.2) is 27.6 Å². The van der Waals surface area contributed by atoms with E-state index in [1.807, 2.05) is 6.07 Å². The molecule has 5 fully saturated rings. The largest absolute Gasteiger partial charge is 0.431 e. The smallest absolute Gasteiger partial charge is 0.335 e. The summed E-state index contributed by atoms with van der Waals surface area (Å²) in [5, 5.41) is 22.4. The monoisotopic (exact) mass is 485 g/mol. The van der Waals surface area contributed by atoms with Crippen molar-refractivity contribution in [1.82, 2.24) is 4.90 Å². The van der Waals surface area contributed by atoms with Gasteiger partial charge in [0, 0.05) is 24.1 Å². The minimum Gasteiger partial charge on any atom is -0.431 e. The van der Waals surface area contributed by atoms with E-state index in [1.54, 1.807) is 6.26 Å². The fourth-order valence-electron chi connectivity index (χ4n) is 9.91. The third-order valence-corrected chi connectivity index (χ3v) is 11.9. The van der Waals surface area contributed by atoms with Crippen molar-refractivity contribution in [3.8, 4) is 0 Å². The van der Waals surface area contributed by atoms with E-state index in [-0.39, 0.29) is 35.0 Å². The lowest BCUT2D eigenvalue weighted by Gasteiger charge is -2.64. The van der Waals surface area contributed by atoms with Crippen molar-refractivity contribution in [3.63, 3.8) is 0 Å². The van der Waals surface area contributed by atoms with Gasteiger partial charge in [-0.3, -0.25) is 4.90 Å². The van der Waals surface area contributed by atoms with Gasteiger partial charge in [-0.25, -0.2) is 4.79 Å². The van der Waals surface area contributed by atoms with E-state index in [2.05, 4.69) is 18.7 Å². The zero-order chi connectivity index (χ0) is 24.4. The van der Waals surface area contributed by atoms with Crippen molar-refractivity contribution in [2.45, 2.75) is 95.2 Å². The van der Waals surface area contributed by atoms with Crippen molar-refractivity contribution in [2.24, 2.45) is 28.6 Å². The van der Waals surface area contributed by atoms with Crippen LogP contribution in [0.1, 0.15) is 83.1 Å². The molecule has 2 N–H and O–H groups in total. The number of hydrogen-bond donors (Lipinski definition) is 2. The number of aliphatic hydroxyl groups excluding tert-OH is 1. The Morgan fingerprint density at radius 2 is 1.91 bits per heavy atom. The Bertz CT molecular complexity index is 975. The Morgan fingerprint density at radius 3 is 2.69 bits per heavy atom. The summed E-state index contributed by atoms with van der Waals surface area (Å²) >= 11 is 0. The van der Waals surface area contributed by atoms with Gasteiger partial charge < -0.3 is 19.4 Å².